The van der Waals surface area contributed by atoms with Crippen molar-refractivity contribution in [2.24, 2.45) is 0 Å². The molecule has 14 heteroatoms. The molecule has 1 saturated heterocycles. The Kier molecular flexibility index (Phi) is 10.2. The Bertz CT molecular complexity index is 977. The molecule has 0 spiro atoms. The minimum Gasteiger partial charge on any atom is -0.431 e. The Morgan fingerprint density at radius 3 is 2.79 bits per heavy atom. The van der Waals surface area contributed by atoms with E-state index in [4.69, 9.17) is 38.8 Å². The lowest BCUT2D eigenvalue weighted by atomic mass is 10.2. The van der Waals surface area contributed by atoms with E-state index >= 15 is 0 Å². The van der Waals surface area contributed by atoms with Gasteiger partial charge in [-0.05, 0) is 6.07 Å². The number of carbonyl (C=O) groups is 1. The van der Waals surface area contributed by atoms with Crippen molar-refractivity contribution in [3.63, 3.8) is 0 Å². The summed E-state index contributed by atoms with van der Waals surface area (Å²) in [5.41, 5.74) is 4.84. The summed E-state index contributed by atoms with van der Waals surface area (Å²) in [4.78, 5) is 27.6. The zero-order chi connectivity index (χ0) is 24.3. The second kappa shape index (κ2) is 12.9. The van der Waals surface area contributed by atoms with Crippen LogP contribution in [0.5, 0.6) is 0 Å². The van der Waals surface area contributed by atoms with Gasteiger partial charge in [0.15, 0.2) is 0 Å². The van der Waals surface area contributed by atoms with Gasteiger partial charge in [-0.25, -0.2) is 14.2 Å². The number of aromatic nitrogens is 2. The molecule has 0 aromatic carbocycles. The molecule has 13 nitrogen and oxygen atoms in total. The topological polar surface area (TPSA) is 174 Å². The first-order valence-corrected chi connectivity index (χ1v) is 11.2. The van der Waals surface area contributed by atoms with Gasteiger partial charge in [-0.2, -0.15) is 10.2 Å². The number of anilines is 1. The van der Waals surface area contributed by atoms with Gasteiger partial charge in [0, 0.05) is 12.6 Å². The molecule has 1 aliphatic heterocycles. The fourth-order valence-corrected chi connectivity index (χ4v) is 4.06. The van der Waals surface area contributed by atoms with Crippen LogP contribution < -0.4 is 11.4 Å². The summed E-state index contributed by atoms with van der Waals surface area (Å²) in [6.45, 7) is 6.13. The van der Waals surface area contributed by atoms with E-state index in [1.807, 2.05) is 6.07 Å². The Morgan fingerprint density at radius 1 is 1.36 bits per heavy atom. The van der Waals surface area contributed by atoms with Crippen molar-refractivity contribution in [1.29, 1.82) is 5.26 Å². The lowest BCUT2D eigenvalue weighted by molar-refractivity contribution is -0.0586. The van der Waals surface area contributed by atoms with Crippen LogP contribution in [0.3, 0.4) is 0 Å². The normalized spacial score (nSPS) is 21.5. The second-order valence-corrected chi connectivity index (χ2v) is 8.11. The maximum absolute atomic E-state index is 13.1. The molecule has 2 N–H and O–H groups in total. The summed E-state index contributed by atoms with van der Waals surface area (Å²) < 4.78 is 45.8. The third kappa shape index (κ3) is 8.12. The summed E-state index contributed by atoms with van der Waals surface area (Å²) in [7, 11) is -4.17. The number of phosphoric acid groups is 1. The average Bonchev–Trinajstić information content (AvgIpc) is 3.16. The molecule has 2 rings (SSSR count). The lowest BCUT2D eigenvalue weighted by Crippen LogP contribution is -2.30. The van der Waals surface area contributed by atoms with E-state index in [9.17, 15) is 14.2 Å². The first kappa shape index (κ1) is 26.2. The summed E-state index contributed by atoms with van der Waals surface area (Å²) in [5.74, 6) is 0.0279. The minimum atomic E-state index is -4.17. The van der Waals surface area contributed by atoms with Gasteiger partial charge in [0.2, 0.25) is 0 Å². The van der Waals surface area contributed by atoms with E-state index in [1.54, 1.807) is 0 Å². The van der Waals surface area contributed by atoms with Crippen LogP contribution in [-0.4, -0.2) is 54.3 Å². The molecule has 1 unspecified atom stereocenters. The largest absolute Gasteiger partial charge is 0.508 e. The highest BCUT2D eigenvalue weighted by molar-refractivity contribution is 7.48. The van der Waals surface area contributed by atoms with Crippen molar-refractivity contribution in [2.75, 3.05) is 32.2 Å². The average molecular weight is 484 g/mol. The van der Waals surface area contributed by atoms with Crippen molar-refractivity contribution < 1.29 is 37.1 Å². The van der Waals surface area contributed by atoms with Gasteiger partial charge in [0.05, 0.1) is 25.7 Å². The fourth-order valence-electron chi connectivity index (χ4n) is 2.71. The Morgan fingerprint density at radius 2 is 2.12 bits per heavy atom. The van der Waals surface area contributed by atoms with Crippen LogP contribution in [0.1, 0.15) is 19.1 Å². The number of carbonyl (C=O) groups excluding carboxylic acids is 1. The van der Waals surface area contributed by atoms with Gasteiger partial charge in [-0.3, -0.25) is 18.1 Å². The quantitative estimate of drug-likeness (QED) is 0.187. The first-order chi connectivity index (χ1) is 15.8. The van der Waals surface area contributed by atoms with Crippen molar-refractivity contribution in [3.8, 4) is 6.07 Å². The number of nitriles is 1. The third-order valence-corrected chi connectivity index (χ3v) is 5.60. The van der Waals surface area contributed by atoms with E-state index in [0.717, 1.165) is 4.57 Å². The highest BCUT2D eigenvalue weighted by atomic mass is 31.2. The van der Waals surface area contributed by atoms with E-state index in [1.165, 1.54) is 24.4 Å². The number of nitrogens with two attached hydrogens (primary N) is 1. The molecule has 33 heavy (non-hydrogen) atoms. The van der Waals surface area contributed by atoms with Crippen LogP contribution in [0.2, 0.25) is 0 Å². The number of ether oxygens (including phenoxy) is 3. The molecule has 0 radical (unpaired) electrons. The maximum Gasteiger partial charge on any atom is 0.508 e. The van der Waals surface area contributed by atoms with E-state index in [0.29, 0.717) is 0 Å². The molecule has 0 amide bonds. The summed E-state index contributed by atoms with van der Waals surface area (Å²) >= 11 is 0. The van der Waals surface area contributed by atoms with Gasteiger partial charge in [-0.15, -0.1) is 6.58 Å². The molecule has 180 valence electrons. The predicted octanol–water partition coefficient (Wildman–Crippen LogP) is 2.08. The molecular weight excluding hydrogens is 459 g/mol. The molecule has 1 aromatic heterocycles. The molecule has 0 bridgehead atoms. The molecular formula is C19H25N4O9P. The Hall–Kier alpha value is -3.01. The van der Waals surface area contributed by atoms with Crippen LogP contribution in [0.4, 0.5) is 10.6 Å². The molecule has 2 heterocycles. The monoisotopic (exact) mass is 484 g/mol. The minimum absolute atomic E-state index is 0.00425. The number of nitrogen functional groups attached to an aromatic ring is 1. The lowest BCUT2D eigenvalue weighted by Gasteiger charge is -2.23. The van der Waals surface area contributed by atoms with Crippen LogP contribution >= 0.6 is 7.82 Å². The van der Waals surface area contributed by atoms with Crippen molar-refractivity contribution >= 4 is 19.8 Å². The number of hydrogen-bond donors (Lipinski definition) is 1. The summed E-state index contributed by atoms with van der Waals surface area (Å²) in [5, 5.41) is 8.70. The van der Waals surface area contributed by atoms with Gasteiger partial charge < -0.3 is 19.9 Å². The van der Waals surface area contributed by atoms with Crippen LogP contribution in [0, 0.1) is 11.3 Å². The summed E-state index contributed by atoms with van der Waals surface area (Å²) in [6.07, 6.45) is 0.178. The number of phosphoric ester groups is 1. The SMILES string of the molecule is C=CCOC(=O)OC[C@H]1O[C@@H](n2ccc(N)nc2=O)C[C@@H]1OP(=O)(OCC=C)OCCC#N. The van der Waals surface area contributed by atoms with Crippen molar-refractivity contribution in [3.05, 3.63) is 48.1 Å². The second-order valence-electron chi connectivity index (χ2n) is 6.48. The smallest absolute Gasteiger partial charge is 0.431 e. The molecule has 4 atom stereocenters. The molecule has 1 fully saturated rings. The zero-order valence-corrected chi connectivity index (χ0v) is 18.6. The van der Waals surface area contributed by atoms with Gasteiger partial charge in [0.25, 0.3) is 0 Å². The van der Waals surface area contributed by atoms with Gasteiger partial charge >= 0.3 is 19.7 Å². The number of hydrogen-bond acceptors (Lipinski definition) is 12. The van der Waals surface area contributed by atoms with Gasteiger partial charge in [0.1, 0.15) is 37.5 Å². The van der Waals surface area contributed by atoms with E-state index in [2.05, 4.69) is 18.1 Å². The van der Waals surface area contributed by atoms with Crippen molar-refractivity contribution in [2.45, 2.75) is 31.3 Å². The van der Waals surface area contributed by atoms with Crippen LogP contribution in [0.15, 0.2) is 42.4 Å². The Balaban J connectivity index is 2.20. The molecule has 0 saturated carbocycles. The highest BCUT2D eigenvalue weighted by Crippen LogP contribution is 2.53. The van der Waals surface area contributed by atoms with Crippen LogP contribution in [0.25, 0.3) is 0 Å². The fraction of sp³-hybridized carbons (Fsp3) is 0.474. The molecule has 0 aliphatic carbocycles. The predicted molar refractivity (Wildman–Crippen MR) is 114 cm³/mol. The molecule has 1 aliphatic rings. The third-order valence-electron chi connectivity index (χ3n) is 4.11. The highest BCUT2D eigenvalue weighted by Gasteiger charge is 2.43. The van der Waals surface area contributed by atoms with Gasteiger partial charge in [-0.1, -0.05) is 18.7 Å². The number of rotatable bonds is 13. The van der Waals surface area contributed by atoms with E-state index < -0.39 is 38.1 Å². The van der Waals surface area contributed by atoms with Crippen LogP contribution in [-0.2, 0) is 32.3 Å². The maximum atomic E-state index is 13.1. The molecule has 1 aromatic rings. The number of nitrogens with zero attached hydrogens (tertiary/aromatic N) is 3. The first-order valence-electron chi connectivity index (χ1n) is 9.77. The Labute approximate surface area is 189 Å². The summed E-state index contributed by atoms with van der Waals surface area (Å²) in [6, 6.07) is 3.25. The zero-order valence-electron chi connectivity index (χ0n) is 17.7. The van der Waals surface area contributed by atoms with E-state index in [-0.39, 0.29) is 45.1 Å². The standard InChI is InChI=1S/C19H25N4O9P/c1-3-9-27-19(25)28-13-15-14(32-33(26,29-10-4-2)30-11-5-7-20)12-17(31-15)23-8-6-16(21)22-18(23)24/h3-4,6,8,14-15,17H,1-2,5,9-13H2,(H2,21,22,24)/t14-,15+,17+,33?/m0/s1. The van der Waals surface area contributed by atoms with Crippen molar-refractivity contribution in [1.82, 2.24) is 9.55 Å².